The monoisotopic (exact) mass is 446 g/mol. The number of hydrogen-bond donors (Lipinski definition) is 2. The molecule has 0 saturated heterocycles. The van der Waals surface area contributed by atoms with Crippen molar-refractivity contribution in [2.75, 3.05) is 18.5 Å². The lowest BCUT2D eigenvalue weighted by Gasteiger charge is -2.05. The van der Waals surface area contributed by atoms with Gasteiger partial charge in [0.05, 0.1) is 18.2 Å². The summed E-state index contributed by atoms with van der Waals surface area (Å²) in [5.41, 5.74) is 1.83. The zero-order valence-electron chi connectivity index (χ0n) is 16.4. The van der Waals surface area contributed by atoms with Crippen LogP contribution in [-0.4, -0.2) is 30.1 Å². The number of hydrogen-bond acceptors (Lipinski definition) is 4. The Morgan fingerprint density at radius 1 is 1.10 bits per heavy atom. The van der Waals surface area contributed by atoms with Gasteiger partial charge in [0.25, 0.3) is 0 Å². The van der Waals surface area contributed by atoms with Gasteiger partial charge >= 0.3 is 5.97 Å². The number of anilines is 1. The normalized spacial score (nSPS) is 11.1. The quantitative estimate of drug-likeness (QED) is 0.360. The summed E-state index contributed by atoms with van der Waals surface area (Å²) < 4.78 is 10.5. The van der Waals surface area contributed by atoms with Crippen molar-refractivity contribution >= 4 is 57.7 Å². The molecule has 8 heteroatoms. The molecule has 0 aliphatic carbocycles. The Kier molecular flexibility index (Phi) is 7.03. The lowest BCUT2D eigenvalue weighted by atomic mass is 10.1. The number of benzene rings is 2. The second kappa shape index (κ2) is 9.69. The first-order valence-electron chi connectivity index (χ1n) is 9.32. The molecule has 1 heterocycles. The molecular weight excluding hydrogens is 427 g/mol. The van der Waals surface area contributed by atoms with Crippen LogP contribution in [0.1, 0.15) is 29.9 Å². The Hall–Kier alpha value is -2.96. The van der Waals surface area contributed by atoms with Gasteiger partial charge < -0.3 is 19.8 Å². The third kappa shape index (κ3) is 4.96. The average molecular weight is 447 g/mol. The van der Waals surface area contributed by atoms with Gasteiger partial charge in [-0.3, -0.25) is 4.79 Å². The van der Waals surface area contributed by atoms with Crippen LogP contribution < -0.4 is 10.1 Å². The number of amides is 1. The topological polar surface area (TPSA) is 80.4 Å². The molecule has 0 radical (unpaired) electrons. The van der Waals surface area contributed by atoms with Crippen LogP contribution in [-0.2, 0) is 9.53 Å². The summed E-state index contributed by atoms with van der Waals surface area (Å²) in [6.45, 7) is 4.39. The lowest BCUT2D eigenvalue weighted by molar-refractivity contribution is -0.111. The van der Waals surface area contributed by atoms with Crippen molar-refractivity contribution < 1.29 is 19.1 Å². The van der Waals surface area contributed by atoms with Crippen molar-refractivity contribution in [2.24, 2.45) is 0 Å². The number of carbonyl (C=O) groups excluding carboxylic acids is 2. The number of rotatable bonds is 7. The number of ether oxygens (including phenoxy) is 2. The minimum atomic E-state index is -0.549. The van der Waals surface area contributed by atoms with Crippen LogP contribution in [0.25, 0.3) is 17.0 Å². The van der Waals surface area contributed by atoms with Gasteiger partial charge in [0, 0.05) is 33.3 Å². The molecule has 2 N–H and O–H groups in total. The van der Waals surface area contributed by atoms with Crippen LogP contribution in [0.3, 0.4) is 0 Å². The highest BCUT2D eigenvalue weighted by Gasteiger charge is 2.19. The molecule has 0 bridgehead atoms. The van der Waals surface area contributed by atoms with E-state index >= 15 is 0 Å². The van der Waals surface area contributed by atoms with E-state index in [4.69, 9.17) is 32.7 Å². The first kappa shape index (κ1) is 21.7. The molecule has 0 atom stereocenters. The van der Waals surface area contributed by atoms with E-state index < -0.39 is 5.97 Å². The Morgan fingerprint density at radius 2 is 1.83 bits per heavy atom. The smallest absolute Gasteiger partial charge is 0.355 e. The maximum Gasteiger partial charge on any atom is 0.355 e. The van der Waals surface area contributed by atoms with Gasteiger partial charge in [-0.25, -0.2) is 4.79 Å². The SMILES string of the molecule is CCOC(=O)c1[nH]c2cc(Cl)cc(Cl)c2c1/C=C/C(=O)Nc1ccc(OCC)cc1. The molecule has 0 fully saturated rings. The number of aromatic amines is 1. The van der Waals surface area contributed by atoms with Crippen LogP contribution in [0.15, 0.2) is 42.5 Å². The number of carbonyl (C=O) groups is 2. The Balaban J connectivity index is 1.89. The molecule has 0 saturated carbocycles. The van der Waals surface area contributed by atoms with Crippen LogP contribution in [0.2, 0.25) is 10.0 Å². The van der Waals surface area contributed by atoms with Gasteiger partial charge in [-0.05, 0) is 56.3 Å². The minimum absolute atomic E-state index is 0.195. The highest BCUT2D eigenvalue weighted by Crippen LogP contribution is 2.33. The van der Waals surface area contributed by atoms with Gasteiger partial charge in [-0.1, -0.05) is 23.2 Å². The van der Waals surface area contributed by atoms with Gasteiger partial charge in [0.2, 0.25) is 5.91 Å². The van der Waals surface area contributed by atoms with Crippen LogP contribution in [0, 0.1) is 0 Å². The van der Waals surface area contributed by atoms with Gasteiger partial charge in [-0.15, -0.1) is 0 Å². The van der Waals surface area contributed by atoms with E-state index in [-0.39, 0.29) is 18.2 Å². The summed E-state index contributed by atoms with van der Waals surface area (Å²) in [6, 6.07) is 10.3. The zero-order chi connectivity index (χ0) is 21.7. The number of halogens is 2. The van der Waals surface area contributed by atoms with Crippen molar-refractivity contribution in [2.45, 2.75) is 13.8 Å². The zero-order valence-corrected chi connectivity index (χ0v) is 17.9. The maximum absolute atomic E-state index is 12.4. The molecule has 0 aliphatic rings. The fraction of sp³-hybridized carbons (Fsp3) is 0.182. The molecular formula is C22H20Cl2N2O4. The van der Waals surface area contributed by atoms with E-state index in [0.717, 1.165) is 5.75 Å². The second-order valence-corrected chi connectivity index (χ2v) is 7.07. The maximum atomic E-state index is 12.4. The van der Waals surface area contributed by atoms with Crippen LogP contribution >= 0.6 is 23.2 Å². The van der Waals surface area contributed by atoms with E-state index in [1.54, 1.807) is 43.3 Å². The van der Waals surface area contributed by atoms with Gasteiger partial charge in [0.1, 0.15) is 11.4 Å². The number of H-pyrrole nitrogens is 1. The van der Waals surface area contributed by atoms with E-state index in [9.17, 15) is 9.59 Å². The van der Waals surface area contributed by atoms with Crippen LogP contribution in [0.4, 0.5) is 5.69 Å². The molecule has 3 aromatic rings. The first-order chi connectivity index (χ1) is 14.4. The van der Waals surface area contributed by atoms with Crippen molar-refractivity contribution in [3.8, 4) is 5.75 Å². The molecule has 0 unspecified atom stereocenters. The second-order valence-electron chi connectivity index (χ2n) is 6.22. The summed E-state index contributed by atoms with van der Waals surface area (Å²) in [7, 11) is 0. The lowest BCUT2D eigenvalue weighted by Crippen LogP contribution is -2.08. The van der Waals surface area contributed by atoms with E-state index in [1.165, 1.54) is 12.2 Å². The summed E-state index contributed by atoms with van der Waals surface area (Å²) in [6.07, 6.45) is 2.85. The Morgan fingerprint density at radius 3 is 2.50 bits per heavy atom. The fourth-order valence-electron chi connectivity index (χ4n) is 2.95. The van der Waals surface area contributed by atoms with Crippen LogP contribution in [0.5, 0.6) is 5.75 Å². The largest absolute Gasteiger partial charge is 0.494 e. The first-order valence-corrected chi connectivity index (χ1v) is 10.1. The van der Waals surface area contributed by atoms with Crippen molar-refractivity contribution in [1.82, 2.24) is 4.98 Å². The summed E-state index contributed by atoms with van der Waals surface area (Å²) in [5.74, 6) is -0.196. The highest BCUT2D eigenvalue weighted by atomic mass is 35.5. The minimum Gasteiger partial charge on any atom is -0.494 e. The Bertz CT molecular complexity index is 1100. The van der Waals surface area contributed by atoms with E-state index in [2.05, 4.69) is 10.3 Å². The number of aromatic nitrogens is 1. The molecule has 0 spiro atoms. The number of fused-ring (bicyclic) bond motifs is 1. The molecule has 30 heavy (non-hydrogen) atoms. The van der Waals surface area contributed by atoms with E-state index in [0.29, 0.717) is 38.8 Å². The predicted octanol–water partition coefficient (Wildman–Crippen LogP) is 5.70. The summed E-state index contributed by atoms with van der Waals surface area (Å²) in [4.78, 5) is 27.7. The molecule has 3 rings (SSSR count). The van der Waals surface area contributed by atoms with E-state index in [1.807, 2.05) is 6.92 Å². The number of nitrogens with one attached hydrogen (secondary N) is 2. The molecule has 2 aromatic carbocycles. The molecule has 6 nitrogen and oxygen atoms in total. The number of esters is 1. The third-order valence-electron chi connectivity index (χ3n) is 4.17. The summed E-state index contributed by atoms with van der Waals surface area (Å²) >= 11 is 12.4. The predicted molar refractivity (Wildman–Crippen MR) is 120 cm³/mol. The average Bonchev–Trinajstić information content (AvgIpc) is 3.07. The molecule has 1 aromatic heterocycles. The standard InChI is InChI=1S/C22H20Cl2N2O4/c1-3-29-15-7-5-14(6-8-15)25-19(27)10-9-16-20-17(24)11-13(23)12-18(20)26-21(16)22(28)30-4-2/h5-12,26H,3-4H2,1-2H3,(H,25,27)/b10-9+. The Labute approximate surface area is 183 Å². The fourth-order valence-corrected chi connectivity index (χ4v) is 3.54. The van der Waals surface area contributed by atoms with Gasteiger partial charge in [-0.2, -0.15) is 0 Å². The molecule has 0 aliphatic heterocycles. The highest BCUT2D eigenvalue weighted by molar-refractivity contribution is 6.39. The molecule has 1 amide bonds. The van der Waals surface area contributed by atoms with Crippen molar-refractivity contribution in [3.05, 3.63) is 63.8 Å². The molecule has 156 valence electrons. The summed E-state index contributed by atoms with van der Waals surface area (Å²) in [5, 5.41) is 4.12. The van der Waals surface area contributed by atoms with Gasteiger partial charge in [0.15, 0.2) is 0 Å². The van der Waals surface area contributed by atoms with Crippen molar-refractivity contribution in [3.63, 3.8) is 0 Å². The van der Waals surface area contributed by atoms with Crippen molar-refractivity contribution in [1.29, 1.82) is 0 Å². The third-order valence-corrected chi connectivity index (χ3v) is 4.68.